The van der Waals surface area contributed by atoms with E-state index < -0.39 is 21.6 Å². The third-order valence-corrected chi connectivity index (χ3v) is 7.12. The number of ether oxygens (including phenoxy) is 2. The maximum Gasteiger partial charge on any atom is 0.294 e. The van der Waals surface area contributed by atoms with Crippen molar-refractivity contribution >= 4 is 33.3 Å². The number of carbonyl (C=O) groups is 3. The Balaban J connectivity index is 0.000000505. The van der Waals surface area contributed by atoms with E-state index in [1.807, 2.05) is 60.7 Å². The SMILES string of the molecule is COC(CC(=O)Nc1ccc(S(=O)(=O)O)cc1)(Cc1ccccc1)C(C)=O.COC(Cc1ccccc1)C(C)=O.F. The lowest BCUT2D eigenvalue weighted by Crippen LogP contribution is -2.44. The van der Waals surface area contributed by atoms with Gasteiger partial charge in [-0.3, -0.25) is 23.6 Å². The second-order valence-corrected chi connectivity index (χ2v) is 10.6. The minimum absolute atomic E-state index is 0. The minimum Gasteiger partial charge on any atom is -0.373 e. The van der Waals surface area contributed by atoms with Gasteiger partial charge in [-0.15, -0.1) is 0 Å². The van der Waals surface area contributed by atoms with Crippen molar-refractivity contribution in [2.24, 2.45) is 0 Å². The van der Waals surface area contributed by atoms with Crippen LogP contribution >= 0.6 is 0 Å². The highest BCUT2D eigenvalue weighted by Gasteiger charge is 2.38. The second kappa shape index (κ2) is 16.5. The molecular formula is C30H36FNO8S. The number of methoxy groups -OCH3 is 2. The molecule has 9 nitrogen and oxygen atoms in total. The van der Waals surface area contributed by atoms with Crippen LogP contribution in [0.25, 0.3) is 0 Å². The van der Waals surface area contributed by atoms with Crippen LogP contribution in [0.5, 0.6) is 0 Å². The summed E-state index contributed by atoms with van der Waals surface area (Å²) >= 11 is 0. The average Bonchev–Trinajstić information content (AvgIpc) is 2.92. The molecular weight excluding hydrogens is 553 g/mol. The van der Waals surface area contributed by atoms with Crippen molar-refractivity contribution in [3.05, 3.63) is 96.1 Å². The number of nitrogens with one attached hydrogen (secondary N) is 1. The van der Waals surface area contributed by atoms with Crippen LogP contribution in [0, 0.1) is 0 Å². The Kier molecular flexibility index (Phi) is 14.2. The Morgan fingerprint density at radius 3 is 1.78 bits per heavy atom. The fourth-order valence-electron chi connectivity index (χ4n) is 3.92. The predicted molar refractivity (Wildman–Crippen MR) is 154 cm³/mol. The summed E-state index contributed by atoms with van der Waals surface area (Å²) in [5.74, 6) is -0.653. The van der Waals surface area contributed by atoms with E-state index in [0.29, 0.717) is 12.1 Å². The monoisotopic (exact) mass is 589 g/mol. The first kappa shape index (κ1) is 35.3. The summed E-state index contributed by atoms with van der Waals surface area (Å²) in [6.07, 6.45) is 0.400. The molecule has 3 rings (SSSR count). The van der Waals surface area contributed by atoms with E-state index in [1.165, 1.54) is 38.3 Å². The van der Waals surface area contributed by atoms with Crippen LogP contribution in [-0.4, -0.2) is 56.4 Å². The molecule has 0 aliphatic carbocycles. The zero-order valence-electron chi connectivity index (χ0n) is 23.4. The molecule has 0 aliphatic heterocycles. The Morgan fingerprint density at radius 2 is 1.37 bits per heavy atom. The molecule has 0 saturated heterocycles. The van der Waals surface area contributed by atoms with Crippen LogP contribution in [-0.2, 0) is 46.8 Å². The normalized spacial score (nSPS) is 12.9. The number of halogens is 1. The molecule has 0 aromatic heterocycles. The molecule has 3 aromatic rings. The fraction of sp³-hybridized carbons (Fsp3) is 0.300. The van der Waals surface area contributed by atoms with E-state index in [1.54, 1.807) is 14.0 Å². The van der Waals surface area contributed by atoms with Gasteiger partial charge in [0.1, 0.15) is 11.7 Å². The molecule has 11 heteroatoms. The number of Topliss-reactive ketones (excluding diaryl/α,β-unsaturated/α-hetero) is 2. The lowest BCUT2D eigenvalue weighted by molar-refractivity contribution is -0.144. The molecule has 3 aromatic carbocycles. The molecule has 2 N–H and O–H groups in total. The van der Waals surface area contributed by atoms with Crippen molar-refractivity contribution in [3.63, 3.8) is 0 Å². The maximum absolute atomic E-state index is 12.5. The molecule has 0 radical (unpaired) electrons. The average molecular weight is 590 g/mol. The molecule has 0 bridgehead atoms. The summed E-state index contributed by atoms with van der Waals surface area (Å²) in [5, 5.41) is 2.60. The van der Waals surface area contributed by atoms with Gasteiger partial charge < -0.3 is 14.8 Å². The highest BCUT2D eigenvalue weighted by molar-refractivity contribution is 7.85. The summed E-state index contributed by atoms with van der Waals surface area (Å²) in [4.78, 5) is 35.5. The standard InChI is InChI=1S/C19H21NO6S.C11H14O2.FH/c1-14(21)19(26-2,12-15-6-4-3-5-7-15)13-18(22)20-16-8-10-17(11-9-16)27(23,24)25;1-9(12)11(13-2)8-10-6-4-3-5-7-10;/h3-11H,12-13H2,1-2H3,(H,20,22)(H,23,24,25);3-7,11H,8H2,1-2H3;1H. The van der Waals surface area contributed by atoms with Crippen molar-refractivity contribution < 1.29 is 41.5 Å². The molecule has 0 spiro atoms. The molecule has 1 amide bonds. The number of benzene rings is 3. The number of rotatable bonds is 12. The third kappa shape index (κ3) is 11.3. The van der Waals surface area contributed by atoms with Gasteiger partial charge in [0.2, 0.25) is 5.91 Å². The van der Waals surface area contributed by atoms with Crippen LogP contribution in [0.3, 0.4) is 0 Å². The Morgan fingerprint density at radius 1 is 0.854 bits per heavy atom. The molecule has 41 heavy (non-hydrogen) atoms. The van der Waals surface area contributed by atoms with E-state index in [4.69, 9.17) is 14.0 Å². The zero-order chi connectivity index (χ0) is 29.8. The minimum atomic E-state index is -4.30. The van der Waals surface area contributed by atoms with E-state index in [-0.39, 0.29) is 40.1 Å². The lowest BCUT2D eigenvalue weighted by atomic mass is 9.87. The predicted octanol–water partition coefficient (Wildman–Crippen LogP) is 4.46. The van der Waals surface area contributed by atoms with Crippen molar-refractivity contribution in [1.82, 2.24) is 0 Å². The van der Waals surface area contributed by atoms with Gasteiger partial charge in [-0.25, -0.2) is 0 Å². The fourth-order valence-corrected chi connectivity index (χ4v) is 4.40. The van der Waals surface area contributed by atoms with Crippen molar-refractivity contribution in [3.8, 4) is 0 Å². The summed E-state index contributed by atoms with van der Waals surface area (Å²) in [6.45, 7) is 2.93. The van der Waals surface area contributed by atoms with E-state index in [9.17, 15) is 22.8 Å². The molecule has 0 saturated carbocycles. The Labute approximate surface area is 240 Å². The van der Waals surface area contributed by atoms with Crippen molar-refractivity contribution in [2.75, 3.05) is 19.5 Å². The summed E-state index contributed by atoms with van der Waals surface area (Å²) < 4.78 is 41.6. The number of hydrogen-bond donors (Lipinski definition) is 2. The molecule has 0 aliphatic rings. The van der Waals surface area contributed by atoms with Gasteiger partial charge in [-0.1, -0.05) is 60.7 Å². The van der Waals surface area contributed by atoms with Crippen LogP contribution in [0.15, 0.2) is 89.8 Å². The van der Waals surface area contributed by atoms with E-state index in [0.717, 1.165) is 11.1 Å². The van der Waals surface area contributed by atoms with Gasteiger partial charge in [0.25, 0.3) is 10.1 Å². The van der Waals surface area contributed by atoms with Gasteiger partial charge in [0, 0.05) is 32.7 Å². The first-order valence-electron chi connectivity index (χ1n) is 12.4. The second-order valence-electron chi connectivity index (χ2n) is 9.17. The lowest BCUT2D eigenvalue weighted by Gasteiger charge is -2.29. The first-order chi connectivity index (χ1) is 18.9. The zero-order valence-corrected chi connectivity index (χ0v) is 24.2. The third-order valence-electron chi connectivity index (χ3n) is 6.25. The summed E-state index contributed by atoms with van der Waals surface area (Å²) in [6, 6.07) is 24.1. The molecule has 0 fully saturated rings. The highest BCUT2D eigenvalue weighted by Crippen LogP contribution is 2.24. The number of anilines is 1. The Hall–Kier alpha value is -3.77. The van der Waals surface area contributed by atoms with Gasteiger partial charge in [-0.2, -0.15) is 8.42 Å². The van der Waals surface area contributed by atoms with E-state index >= 15 is 0 Å². The maximum atomic E-state index is 12.5. The number of hydrogen-bond acceptors (Lipinski definition) is 7. The van der Waals surface area contributed by atoms with Gasteiger partial charge >= 0.3 is 0 Å². The molecule has 2 unspecified atom stereocenters. The number of ketones is 2. The van der Waals surface area contributed by atoms with Crippen LogP contribution < -0.4 is 5.32 Å². The smallest absolute Gasteiger partial charge is 0.294 e. The summed E-state index contributed by atoms with van der Waals surface area (Å²) in [5.41, 5.74) is 1.02. The number of amides is 1. The topological polar surface area (TPSA) is 136 Å². The van der Waals surface area contributed by atoms with Gasteiger partial charge in [0.15, 0.2) is 11.6 Å². The quantitative estimate of drug-likeness (QED) is 0.296. The van der Waals surface area contributed by atoms with E-state index in [2.05, 4.69) is 5.32 Å². The Bertz CT molecular complexity index is 1370. The molecule has 2 atom stereocenters. The van der Waals surface area contributed by atoms with Crippen molar-refractivity contribution in [2.45, 2.75) is 49.7 Å². The van der Waals surface area contributed by atoms with Gasteiger partial charge in [-0.05, 0) is 49.2 Å². The van der Waals surface area contributed by atoms with Gasteiger partial charge in [0.05, 0.1) is 11.3 Å². The number of carbonyl (C=O) groups excluding carboxylic acids is 3. The summed E-state index contributed by atoms with van der Waals surface area (Å²) in [7, 11) is -1.35. The largest absolute Gasteiger partial charge is 0.373 e. The van der Waals surface area contributed by atoms with Crippen molar-refractivity contribution in [1.29, 1.82) is 0 Å². The molecule has 0 heterocycles. The van der Waals surface area contributed by atoms with Crippen LogP contribution in [0.1, 0.15) is 31.4 Å². The highest BCUT2D eigenvalue weighted by atomic mass is 32.2. The first-order valence-corrected chi connectivity index (χ1v) is 13.9. The van der Waals surface area contributed by atoms with Crippen LogP contribution in [0.2, 0.25) is 0 Å². The molecule has 222 valence electrons. The van der Waals surface area contributed by atoms with Crippen LogP contribution in [0.4, 0.5) is 10.4 Å².